The molecule has 0 aliphatic heterocycles. The van der Waals surface area contributed by atoms with E-state index in [1.807, 2.05) is 54.6 Å². The minimum absolute atomic E-state index is 0.239. The minimum atomic E-state index is -0.532. The minimum Gasteiger partial charge on any atom is -0.487 e. The molecule has 0 amide bonds. The molecule has 0 saturated carbocycles. The van der Waals surface area contributed by atoms with E-state index in [1.165, 1.54) is 0 Å². The van der Waals surface area contributed by atoms with Crippen LogP contribution in [0.3, 0.4) is 0 Å². The predicted molar refractivity (Wildman–Crippen MR) is 107 cm³/mol. The first-order chi connectivity index (χ1) is 13.6. The van der Waals surface area contributed by atoms with Crippen LogP contribution in [0.2, 0.25) is 5.02 Å². The summed E-state index contributed by atoms with van der Waals surface area (Å²) in [6.45, 7) is 2.61. The number of halogens is 1. The van der Waals surface area contributed by atoms with Crippen molar-refractivity contribution in [2.75, 3.05) is 6.61 Å². The van der Waals surface area contributed by atoms with Gasteiger partial charge in [-0.2, -0.15) is 0 Å². The number of fused-ring (bicyclic) bond motifs is 1. The van der Waals surface area contributed by atoms with Gasteiger partial charge in [0, 0.05) is 10.4 Å². The number of pyridine rings is 1. The summed E-state index contributed by atoms with van der Waals surface area (Å²) in [7, 11) is 0. The first-order valence-electron chi connectivity index (χ1n) is 8.73. The summed E-state index contributed by atoms with van der Waals surface area (Å²) < 4.78 is 10.5. The molecule has 1 heterocycles. The van der Waals surface area contributed by atoms with Gasteiger partial charge in [0.15, 0.2) is 6.21 Å². The Morgan fingerprint density at radius 3 is 2.68 bits per heavy atom. The molecule has 0 atom stereocenters. The number of hydrogen-bond acceptors (Lipinski definition) is 6. The lowest BCUT2D eigenvalue weighted by atomic mass is 10.2. The van der Waals surface area contributed by atoms with E-state index in [2.05, 4.69) is 10.1 Å². The standard InChI is InChI=1S/C21H19ClN2O4/c1-2-26-21(25)12-23-28-13-15-3-9-19(10-4-15)27-14-18-8-6-16-5-7-17(22)11-20(16)24-18/h3-12H,2,13-14H2,1H3. The molecule has 2 aromatic carbocycles. The molecule has 0 bridgehead atoms. The lowest BCUT2D eigenvalue weighted by Crippen LogP contribution is -2.05. The van der Waals surface area contributed by atoms with E-state index in [1.54, 1.807) is 6.92 Å². The zero-order valence-corrected chi connectivity index (χ0v) is 16.1. The Morgan fingerprint density at radius 1 is 1.11 bits per heavy atom. The van der Waals surface area contributed by atoms with E-state index in [-0.39, 0.29) is 6.61 Å². The average molecular weight is 399 g/mol. The monoisotopic (exact) mass is 398 g/mol. The van der Waals surface area contributed by atoms with Crippen molar-refractivity contribution in [3.63, 3.8) is 0 Å². The first kappa shape index (κ1) is 19.6. The molecule has 0 aliphatic rings. The van der Waals surface area contributed by atoms with Crippen LogP contribution in [0.25, 0.3) is 10.9 Å². The Labute approximate surface area is 167 Å². The van der Waals surface area contributed by atoms with E-state index in [0.29, 0.717) is 24.0 Å². The Morgan fingerprint density at radius 2 is 1.89 bits per heavy atom. The van der Waals surface area contributed by atoms with E-state index in [9.17, 15) is 4.79 Å². The quantitative estimate of drug-likeness (QED) is 0.316. The van der Waals surface area contributed by atoms with Crippen LogP contribution >= 0.6 is 11.6 Å². The molecule has 0 spiro atoms. The molecule has 6 nitrogen and oxygen atoms in total. The molecular formula is C21H19ClN2O4. The fraction of sp³-hybridized carbons (Fsp3) is 0.190. The summed E-state index contributed by atoms with van der Waals surface area (Å²) in [5, 5.41) is 5.25. The van der Waals surface area contributed by atoms with Crippen LogP contribution in [0.5, 0.6) is 5.75 Å². The zero-order valence-electron chi connectivity index (χ0n) is 15.3. The van der Waals surface area contributed by atoms with Gasteiger partial charge in [-0.15, -0.1) is 0 Å². The van der Waals surface area contributed by atoms with Crippen molar-refractivity contribution in [3.8, 4) is 5.75 Å². The van der Waals surface area contributed by atoms with Crippen LogP contribution in [0.15, 0.2) is 59.8 Å². The Bertz CT molecular complexity index is 974. The highest BCUT2D eigenvalue weighted by molar-refractivity contribution is 6.31. The molecule has 3 aromatic rings. The topological polar surface area (TPSA) is 70.0 Å². The maximum absolute atomic E-state index is 11.1. The van der Waals surface area contributed by atoms with E-state index in [4.69, 9.17) is 25.9 Å². The number of aromatic nitrogens is 1. The highest BCUT2D eigenvalue weighted by atomic mass is 35.5. The van der Waals surface area contributed by atoms with Gasteiger partial charge in [-0.1, -0.05) is 41.0 Å². The van der Waals surface area contributed by atoms with Gasteiger partial charge in [0.1, 0.15) is 19.0 Å². The van der Waals surface area contributed by atoms with Crippen LogP contribution < -0.4 is 4.74 Å². The lowest BCUT2D eigenvalue weighted by Gasteiger charge is -2.08. The van der Waals surface area contributed by atoms with Crippen LogP contribution in [0, 0.1) is 0 Å². The normalized spacial score (nSPS) is 10.9. The van der Waals surface area contributed by atoms with Gasteiger partial charge in [0.05, 0.1) is 17.8 Å². The van der Waals surface area contributed by atoms with Crippen LogP contribution in [0.4, 0.5) is 0 Å². The Hall–Kier alpha value is -3.12. The van der Waals surface area contributed by atoms with Gasteiger partial charge in [-0.25, -0.2) is 9.78 Å². The first-order valence-corrected chi connectivity index (χ1v) is 9.11. The second kappa shape index (κ2) is 9.71. The summed E-state index contributed by atoms with van der Waals surface area (Å²) in [5.74, 6) is 0.183. The van der Waals surface area contributed by atoms with E-state index < -0.39 is 5.97 Å². The second-order valence-electron chi connectivity index (χ2n) is 5.83. The fourth-order valence-corrected chi connectivity index (χ4v) is 2.59. The third kappa shape index (κ3) is 5.69. The van der Waals surface area contributed by atoms with E-state index in [0.717, 1.165) is 28.4 Å². The molecule has 7 heteroatoms. The van der Waals surface area contributed by atoms with Crippen LogP contribution in [-0.2, 0) is 27.6 Å². The summed E-state index contributed by atoms with van der Waals surface area (Å²) in [6.07, 6.45) is 1.00. The van der Waals surface area contributed by atoms with Crippen molar-refractivity contribution < 1.29 is 19.1 Å². The number of nitrogens with zero attached hydrogens (tertiary/aromatic N) is 2. The average Bonchev–Trinajstić information content (AvgIpc) is 2.70. The van der Waals surface area contributed by atoms with Crippen LogP contribution in [0.1, 0.15) is 18.2 Å². The summed E-state index contributed by atoms with van der Waals surface area (Å²) in [5.41, 5.74) is 2.55. The van der Waals surface area contributed by atoms with Crippen molar-refractivity contribution in [2.45, 2.75) is 20.1 Å². The Kier molecular flexibility index (Phi) is 6.81. The smallest absolute Gasteiger partial charge is 0.352 e. The molecule has 0 saturated heterocycles. The van der Waals surface area contributed by atoms with Crippen molar-refractivity contribution in [1.82, 2.24) is 4.98 Å². The van der Waals surface area contributed by atoms with E-state index >= 15 is 0 Å². The van der Waals surface area contributed by atoms with Crippen molar-refractivity contribution in [2.24, 2.45) is 5.16 Å². The van der Waals surface area contributed by atoms with Gasteiger partial charge in [0.2, 0.25) is 0 Å². The van der Waals surface area contributed by atoms with Crippen LogP contribution in [-0.4, -0.2) is 23.8 Å². The predicted octanol–water partition coefficient (Wildman–Crippen LogP) is 4.53. The van der Waals surface area contributed by atoms with Gasteiger partial charge in [-0.05, 0) is 42.8 Å². The molecule has 0 aliphatic carbocycles. The number of carbonyl (C=O) groups is 1. The Balaban J connectivity index is 1.51. The van der Waals surface area contributed by atoms with Crippen molar-refractivity contribution in [3.05, 3.63) is 70.9 Å². The third-order valence-corrected chi connectivity index (χ3v) is 4.01. The number of esters is 1. The molecule has 0 radical (unpaired) electrons. The SMILES string of the molecule is CCOC(=O)C=NOCc1ccc(OCc2ccc3ccc(Cl)cc3n2)cc1. The van der Waals surface area contributed by atoms with Gasteiger partial charge < -0.3 is 14.3 Å². The highest BCUT2D eigenvalue weighted by Gasteiger charge is 2.02. The molecule has 144 valence electrons. The largest absolute Gasteiger partial charge is 0.487 e. The molecule has 28 heavy (non-hydrogen) atoms. The second-order valence-corrected chi connectivity index (χ2v) is 6.27. The summed E-state index contributed by atoms with van der Waals surface area (Å²) >= 11 is 6.02. The van der Waals surface area contributed by atoms with Gasteiger partial charge in [0.25, 0.3) is 0 Å². The molecular weight excluding hydrogens is 380 g/mol. The van der Waals surface area contributed by atoms with Gasteiger partial charge in [-0.3, -0.25) is 0 Å². The number of ether oxygens (including phenoxy) is 2. The lowest BCUT2D eigenvalue weighted by molar-refractivity contribution is -0.134. The molecule has 0 fully saturated rings. The number of carbonyl (C=O) groups excluding carboxylic acids is 1. The maximum atomic E-state index is 11.1. The molecule has 0 N–H and O–H groups in total. The van der Waals surface area contributed by atoms with Crippen molar-refractivity contribution >= 4 is 34.7 Å². The van der Waals surface area contributed by atoms with Gasteiger partial charge >= 0.3 is 5.97 Å². The molecule has 3 rings (SSSR count). The zero-order chi connectivity index (χ0) is 19.8. The fourth-order valence-electron chi connectivity index (χ4n) is 2.42. The van der Waals surface area contributed by atoms with Crippen molar-refractivity contribution in [1.29, 1.82) is 0 Å². The molecule has 0 unspecified atom stereocenters. The molecule has 1 aromatic heterocycles. The number of rotatable bonds is 8. The summed E-state index contributed by atoms with van der Waals surface area (Å²) in [6, 6.07) is 16.9. The third-order valence-electron chi connectivity index (χ3n) is 3.77. The highest BCUT2D eigenvalue weighted by Crippen LogP contribution is 2.19. The number of hydrogen-bond donors (Lipinski definition) is 0. The maximum Gasteiger partial charge on any atom is 0.352 e. The summed E-state index contributed by atoms with van der Waals surface area (Å²) in [4.78, 5) is 20.7. The number of benzene rings is 2. The number of oxime groups is 1.